The Bertz CT molecular complexity index is 339. The molecular formula is C9H11BF3O2-. The van der Waals surface area contributed by atoms with Crippen molar-refractivity contribution in [3.63, 3.8) is 0 Å². The molecule has 0 aromatic heterocycles. The highest BCUT2D eigenvalue weighted by molar-refractivity contribution is 6.74. The van der Waals surface area contributed by atoms with Gasteiger partial charge >= 0.3 is 6.98 Å². The van der Waals surface area contributed by atoms with Crippen LogP contribution in [0.15, 0.2) is 18.2 Å². The van der Waals surface area contributed by atoms with Crippen molar-refractivity contribution >= 4 is 12.4 Å². The second-order valence-corrected chi connectivity index (χ2v) is 3.14. The van der Waals surface area contributed by atoms with Crippen LogP contribution in [0.25, 0.3) is 0 Å². The Morgan fingerprint density at radius 1 is 1.27 bits per heavy atom. The third kappa shape index (κ3) is 3.16. The topological polar surface area (TPSA) is 18.5 Å². The molecular weight excluding hydrogens is 208 g/mol. The molecule has 0 heterocycles. The Kier molecular flexibility index (Phi) is 3.63. The Hall–Kier alpha value is -1.17. The molecule has 2 nitrogen and oxygen atoms in total. The highest BCUT2D eigenvalue weighted by Crippen LogP contribution is 2.17. The van der Waals surface area contributed by atoms with E-state index in [0.29, 0.717) is 5.75 Å². The van der Waals surface area contributed by atoms with Crippen LogP contribution >= 0.6 is 0 Å². The van der Waals surface area contributed by atoms with Gasteiger partial charge in [-0.15, -0.1) is 5.46 Å². The predicted octanol–water partition coefficient (Wildman–Crippen LogP) is 2.03. The van der Waals surface area contributed by atoms with Gasteiger partial charge in [-0.2, -0.15) is 0 Å². The molecule has 0 saturated heterocycles. The zero-order chi connectivity index (χ0) is 11.5. The molecule has 0 N–H and O–H groups in total. The summed E-state index contributed by atoms with van der Waals surface area (Å²) in [6.45, 7) is -3.52. The number of aryl methyl sites for hydroxylation is 1. The lowest BCUT2D eigenvalue weighted by molar-refractivity contribution is 0.0511. The van der Waals surface area contributed by atoms with Gasteiger partial charge in [0.2, 0.25) is 0 Å². The van der Waals surface area contributed by atoms with Gasteiger partial charge in [-0.3, -0.25) is 0 Å². The first-order chi connectivity index (χ1) is 6.95. The summed E-state index contributed by atoms with van der Waals surface area (Å²) >= 11 is 0. The highest BCUT2D eigenvalue weighted by atomic mass is 19.4. The van der Waals surface area contributed by atoms with Gasteiger partial charge in [0.05, 0.1) is 0 Å². The van der Waals surface area contributed by atoms with Crippen LogP contribution in [0.5, 0.6) is 5.75 Å². The molecule has 6 heteroatoms. The van der Waals surface area contributed by atoms with E-state index in [9.17, 15) is 12.9 Å². The lowest BCUT2D eigenvalue weighted by Gasteiger charge is -2.18. The summed E-state index contributed by atoms with van der Waals surface area (Å²) in [5.41, 5.74) is -0.420. The van der Waals surface area contributed by atoms with Gasteiger partial charge in [-0.25, -0.2) is 0 Å². The Labute approximate surface area is 86.1 Å². The number of methoxy groups -OCH3 is 1. The molecule has 0 radical (unpaired) electrons. The molecule has 84 valence electrons. The van der Waals surface area contributed by atoms with E-state index in [2.05, 4.69) is 4.74 Å². The number of hydrogen-bond donors (Lipinski definition) is 0. The van der Waals surface area contributed by atoms with Crippen molar-refractivity contribution in [1.29, 1.82) is 0 Å². The fraction of sp³-hybridized carbons (Fsp3) is 0.333. The molecule has 0 aliphatic heterocycles. The maximum atomic E-state index is 12.4. The van der Waals surface area contributed by atoms with Crippen LogP contribution in [0.3, 0.4) is 0 Å². The van der Waals surface area contributed by atoms with Crippen LogP contribution in [0, 0.1) is 6.92 Å². The monoisotopic (exact) mass is 219 g/mol. The second kappa shape index (κ2) is 4.57. The van der Waals surface area contributed by atoms with Crippen LogP contribution in [-0.2, 0) is 4.74 Å². The minimum atomic E-state index is -4.95. The summed E-state index contributed by atoms with van der Waals surface area (Å²) in [6.07, 6.45) is 0. The highest BCUT2D eigenvalue weighted by Gasteiger charge is 2.27. The molecule has 0 aliphatic carbocycles. The molecule has 1 rings (SSSR count). The average molecular weight is 219 g/mol. The van der Waals surface area contributed by atoms with Crippen molar-refractivity contribution in [3.8, 4) is 5.75 Å². The van der Waals surface area contributed by atoms with Crippen molar-refractivity contribution in [3.05, 3.63) is 23.8 Å². The van der Waals surface area contributed by atoms with E-state index in [0.717, 1.165) is 6.07 Å². The van der Waals surface area contributed by atoms with Gasteiger partial charge < -0.3 is 22.4 Å². The summed E-state index contributed by atoms with van der Waals surface area (Å²) in [4.78, 5) is 0. The van der Waals surface area contributed by atoms with E-state index in [1.54, 1.807) is 0 Å². The summed E-state index contributed by atoms with van der Waals surface area (Å²) in [7, 11) is 1.44. The number of hydrogen-bond acceptors (Lipinski definition) is 2. The fourth-order valence-electron chi connectivity index (χ4n) is 1.23. The Balaban J connectivity index is 2.89. The van der Waals surface area contributed by atoms with E-state index in [1.165, 1.54) is 26.2 Å². The van der Waals surface area contributed by atoms with E-state index < -0.39 is 12.4 Å². The van der Waals surface area contributed by atoms with Crippen LogP contribution in [-0.4, -0.2) is 20.9 Å². The zero-order valence-corrected chi connectivity index (χ0v) is 8.47. The zero-order valence-electron chi connectivity index (χ0n) is 8.47. The number of benzene rings is 1. The maximum absolute atomic E-state index is 12.4. The molecule has 0 amide bonds. The van der Waals surface area contributed by atoms with E-state index in [1.807, 2.05) is 0 Å². The molecule has 0 aliphatic rings. The SMILES string of the molecule is COCOc1ccc([B-](F)(F)F)c(C)c1. The third-order valence-electron chi connectivity index (χ3n) is 1.94. The maximum Gasteiger partial charge on any atom is 0.509 e. The van der Waals surface area contributed by atoms with Gasteiger partial charge in [0.1, 0.15) is 5.75 Å². The van der Waals surface area contributed by atoms with Gasteiger partial charge in [-0.05, 0) is 19.1 Å². The van der Waals surface area contributed by atoms with Gasteiger partial charge in [0.25, 0.3) is 0 Å². The Morgan fingerprint density at radius 3 is 2.40 bits per heavy atom. The van der Waals surface area contributed by atoms with Gasteiger partial charge in [0.15, 0.2) is 6.79 Å². The fourth-order valence-corrected chi connectivity index (χ4v) is 1.23. The van der Waals surface area contributed by atoms with Crippen molar-refractivity contribution in [2.45, 2.75) is 6.92 Å². The molecule has 0 unspecified atom stereocenters. The normalized spacial score (nSPS) is 11.5. The first-order valence-corrected chi connectivity index (χ1v) is 4.37. The third-order valence-corrected chi connectivity index (χ3v) is 1.94. The first kappa shape index (κ1) is 11.9. The molecule has 0 atom stereocenters. The smallest absolute Gasteiger partial charge is 0.468 e. The van der Waals surface area contributed by atoms with Gasteiger partial charge in [0, 0.05) is 7.11 Å². The second-order valence-electron chi connectivity index (χ2n) is 3.14. The molecule has 1 aromatic rings. The lowest BCUT2D eigenvalue weighted by atomic mass is 9.77. The summed E-state index contributed by atoms with van der Waals surface area (Å²) in [5.74, 6) is 0.373. The van der Waals surface area contributed by atoms with E-state index in [4.69, 9.17) is 4.74 Å². The largest absolute Gasteiger partial charge is 0.509 e. The first-order valence-electron chi connectivity index (χ1n) is 4.37. The van der Waals surface area contributed by atoms with Crippen LogP contribution in [0.2, 0.25) is 0 Å². The van der Waals surface area contributed by atoms with Crippen LogP contribution in [0.4, 0.5) is 12.9 Å². The minimum absolute atomic E-state index is 0.0238. The number of ether oxygens (including phenoxy) is 2. The standard InChI is InChI=1S/C9H11BF3O2/c1-7-5-8(15-6-14-2)3-4-9(7)10(11,12)13/h3-5H,6H2,1-2H3/q-1. The number of rotatable bonds is 4. The van der Waals surface area contributed by atoms with Crippen molar-refractivity contribution in [1.82, 2.24) is 0 Å². The van der Waals surface area contributed by atoms with Gasteiger partial charge in [-0.1, -0.05) is 11.6 Å². The minimum Gasteiger partial charge on any atom is -0.468 e. The summed E-state index contributed by atoms with van der Waals surface area (Å²) in [6, 6.07) is 3.67. The predicted molar refractivity (Wildman–Crippen MR) is 52.4 cm³/mol. The molecule has 0 bridgehead atoms. The summed E-state index contributed by atoms with van der Waals surface area (Å²) < 4.78 is 47.0. The molecule has 0 spiro atoms. The van der Waals surface area contributed by atoms with Crippen molar-refractivity contribution in [2.75, 3.05) is 13.9 Å². The molecule has 0 fully saturated rings. The van der Waals surface area contributed by atoms with E-state index in [-0.39, 0.29) is 12.4 Å². The van der Waals surface area contributed by atoms with Crippen molar-refractivity contribution in [2.24, 2.45) is 0 Å². The Morgan fingerprint density at radius 2 is 1.93 bits per heavy atom. The van der Waals surface area contributed by atoms with Crippen LogP contribution < -0.4 is 10.2 Å². The van der Waals surface area contributed by atoms with E-state index >= 15 is 0 Å². The lowest BCUT2D eigenvalue weighted by Crippen LogP contribution is -2.35. The summed E-state index contributed by atoms with van der Waals surface area (Å²) in [5, 5.41) is 0. The average Bonchev–Trinajstić information content (AvgIpc) is 2.12. The number of halogens is 3. The van der Waals surface area contributed by atoms with Crippen molar-refractivity contribution < 1.29 is 22.4 Å². The molecule has 15 heavy (non-hydrogen) atoms. The quantitative estimate of drug-likeness (QED) is 0.569. The molecule has 1 aromatic carbocycles. The van der Waals surface area contributed by atoms with Crippen LogP contribution in [0.1, 0.15) is 5.56 Å². The molecule has 0 saturated carbocycles.